The lowest BCUT2D eigenvalue weighted by Gasteiger charge is -2.40. The van der Waals surface area contributed by atoms with Gasteiger partial charge in [0.2, 0.25) is 0 Å². The van der Waals surface area contributed by atoms with Crippen LogP contribution in [0.15, 0.2) is 24.3 Å². The number of quaternary nitrogens is 2. The van der Waals surface area contributed by atoms with E-state index < -0.39 is 0 Å². The number of likely N-dealkylation sites (N-methyl/N-ethyl adjacent to an activating group) is 1. The van der Waals surface area contributed by atoms with Gasteiger partial charge in [0.15, 0.2) is 0 Å². The predicted octanol–water partition coefficient (Wildman–Crippen LogP) is 3.19. The Morgan fingerprint density at radius 1 is 1.08 bits per heavy atom. The van der Waals surface area contributed by atoms with Crippen LogP contribution in [0.2, 0.25) is 0 Å². The second kappa shape index (κ2) is 7.96. The highest BCUT2D eigenvalue weighted by molar-refractivity contribution is 5.53. The Hall–Kier alpha value is -1.26. The third-order valence-corrected chi connectivity index (χ3v) is 6.17. The summed E-state index contributed by atoms with van der Waals surface area (Å²) in [5.41, 5.74) is 7.98. The smallest absolute Gasteiger partial charge is 0.108 e. The maximum absolute atomic E-state index is 5.83. The Bertz CT molecular complexity index is 530. The zero-order chi connectivity index (χ0) is 18.7. The molecule has 0 spiro atoms. The van der Waals surface area contributed by atoms with E-state index in [1.807, 2.05) is 12.1 Å². The molecule has 0 bridgehead atoms. The maximum Gasteiger partial charge on any atom is 0.108 e. The Labute approximate surface area is 155 Å². The minimum absolute atomic E-state index is 0.715. The van der Waals surface area contributed by atoms with Crippen LogP contribution >= 0.6 is 0 Å². The van der Waals surface area contributed by atoms with Gasteiger partial charge in [-0.05, 0) is 30.7 Å². The van der Waals surface area contributed by atoms with E-state index >= 15 is 0 Å². The summed E-state index contributed by atoms with van der Waals surface area (Å²) in [5.74, 6) is 0. The molecule has 0 aliphatic carbocycles. The van der Waals surface area contributed by atoms with Gasteiger partial charge in [0.05, 0.1) is 54.4 Å². The molecule has 2 N–H and O–H groups in total. The van der Waals surface area contributed by atoms with E-state index in [1.165, 1.54) is 37.9 Å². The highest BCUT2D eigenvalue weighted by Gasteiger charge is 2.36. The Morgan fingerprint density at radius 2 is 1.72 bits per heavy atom. The molecule has 0 radical (unpaired) electrons. The molecule has 1 aromatic rings. The number of rotatable bonds is 8. The van der Waals surface area contributed by atoms with E-state index in [0.29, 0.717) is 6.04 Å². The number of nitrogens with zero attached hydrogens (tertiary/aromatic N) is 3. The molecule has 4 nitrogen and oxygen atoms in total. The molecule has 2 atom stereocenters. The first kappa shape index (κ1) is 20.1. The molecule has 25 heavy (non-hydrogen) atoms. The topological polar surface area (TPSA) is 29.3 Å². The second-order valence-corrected chi connectivity index (χ2v) is 9.33. The van der Waals surface area contributed by atoms with Crippen LogP contribution in [0, 0.1) is 0 Å². The van der Waals surface area contributed by atoms with Crippen molar-refractivity contribution in [2.45, 2.75) is 44.7 Å². The van der Waals surface area contributed by atoms with Crippen molar-refractivity contribution in [2.24, 2.45) is 0 Å². The molecular weight excluding hydrogens is 308 g/mol. The fraction of sp³-hybridized carbons (Fsp3) is 0.714. The molecule has 0 aromatic heterocycles. The third kappa shape index (κ3) is 5.35. The van der Waals surface area contributed by atoms with E-state index in [9.17, 15) is 0 Å². The molecule has 0 amide bonds. The van der Waals surface area contributed by atoms with Crippen molar-refractivity contribution >= 4 is 11.4 Å². The fourth-order valence-electron chi connectivity index (χ4n) is 4.15. The normalized spacial score (nSPS) is 20.1. The van der Waals surface area contributed by atoms with Crippen molar-refractivity contribution in [3.05, 3.63) is 24.3 Å². The van der Waals surface area contributed by atoms with Crippen molar-refractivity contribution in [1.82, 2.24) is 0 Å². The number of hydrogen-bond acceptors (Lipinski definition) is 2. The van der Waals surface area contributed by atoms with Crippen LogP contribution in [-0.4, -0.2) is 75.9 Å². The Morgan fingerprint density at radius 3 is 2.28 bits per heavy atom. The van der Waals surface area contributed by atoms with Gasteiger partial charge in [0.1, 0.15) is 6.04 Å². The van der Waals surface area contributed by atoms with E-state index in [1.54, 1.807) is 0 Å². The van der Waals surface area contributed by atoms with Crippen LogP contribution in [0.25, 0.3) is 0 Å². The largest absolute Gasteiger partial charge is 0.399 e. The molecular formula is C21H40N4+2. The molecule has 1 heterocycles. The lowest BCUT2D eigenvalue weighted by atomic mass is 10.0. The lowest BCUT2D eigenvalue weighted by Crippen LogP contribution is -2.53. The highest BCUT2D eigenvalue weighted by Crippen LogP contribution is 2.27. The molecule has 1 aliphatic heterocycles. The predicted molar refractivity (Wildman–Crippen MR) is 110 cm³/mol. The number of hydrogen-bond donors (Lipinski definition) is 1. The van der Waals surface area contributed by atoms with Gasteiger partial charge in [-0.25, -0.2) is 0 Å². The van der Waals surface area contributed by atoms with Crippen LogP contribution in [0.5, 0.6) is 0 Å². The van der Waals surface area contributed by atoms with E-state index in [2.05, 4.69) is 59.2 Å². The van der Waals surface area contributed by atoms with Crippen LogP contribution in [0.3, 0.4) is 0 Å². The second-order valence-electron chi connectivity index (χ2n) is 9.33. The summed E-state index contributed by atoms with van der Waals surface area (Å²) in [4.78, 5) is 2.52. The maximum atomic E-state index is 5.83. The van der Waals surface area contributed by atoms with Gasteiger partial charge in [-0.1, -0.05) is 13.3 Å². The van der Waals surface area contributed by atoms with Gasteiger partial charge in [0.25, 0.3) is 0 Å². The summed E-state index contributed by atoms with van der Waals surface area (Å²) in [7, 11) is 11.9. The third-order valence-electron chi connectivity index (χ3n) is 6.17. The minimum atomic E-state index is 0.715. The zero-order valence-corrected chi connectivity index (χ0v) is 17.3. The average Bonchev–Trinajstić information content (AvgIpc) is 3.02. The summed E-state index contributed by atoms with van der Waals surface area (Å²) in [5, 5.41) is 0. The van der Waals surface area contributed by atoms with Gasteiger partial charge < -0.3 is 19.6 Å². The first-order valence-corrected chi connectivity index (χ1v) is 9.87. The molecule has 4 heteroatoms. The molecule has 1 fully saturated rings. The van der Waals surface area contributed by atoms with E-state index in [4.69, 9.17) is 5.73 Å². The quantitative estimate of drug-likeness (QED) is 0.577. The van der Waals surface area contributed by atoms with Crippen molar-refractivity contribution in [3.8, 4) is 0 Å². The Kier molecular flexibility index (Phi) is 6.39. The number of nitrogen functional groups attached to an aromatic ring is 1. The molecule has 1 aromatic carbocycles. The van der Waals surface area contributed by atoms with Crippen LogP contribution in [-0.2, 0) is 0 Å². The molecule has 1 aliphatic rings. The van der Waals surface area contributed by atoms with Crippen molar-refractivity contribution in [3.63, 3.8) is 0 Å². The van der Waals surface area contributed by atoms with Gasteiger partial charge in [0, 0.05) is 30.8 Å². The summed E-state index contributed by atoms with van der Waals surface area (Å²) in [6, 6.07) is 9.82. The van der Waals surface area contributed by atoms with Gasteiger partial charge >= 0.3 is 0 Å². The molecule has 1 saturated heterocycles. The van der Waals surface area contributed by atoms with E-state index in [0.717, 1.165) is 33.8 Å². The fourth-order valence-corrected chi connectivity index (χ4v) is 4.15. The summed E-state index contributed by atoms with van der Waals surface area (Å²) < 4.78 is 2.21. The number of benzene rings is 1. The van der Waals surface area contributed by atoms with Crippen molar-refractivity contribution < 1.29 is 8.97 Å². The molecule has 0 saturated carbocycles. The molecule has 2 unspecified atom stereocenters. The number of anilines is 2. The van der Waals surface area contributed by atoms with E-state index in [-0.39, 0.29) is 0 Å². The monoisotopic (exact) mass is 348 g/mol. The van der Waals surface area contributed by atoms with Crippen LogP contribution in [0.4, 0.5) is 11.4 Å². The Balaban J connectivity index is 1.94. The standard InChI is InChI=1S/C21H40N4/c1-7-8-20(24(2,3)4)14-16-25(5,6)21-13-15-23(17-21)19-11-9-18(22)10-12-19/h9-12,20-21H,7-8,13-17,22H2,1-6H3/q+2. The first-order valence-electron chi connectivity index (χ1n) is 9.87. The SMILES string of the molecule is CCCC(CC[N+](C)(C)C1CCN(c2ccc(N)cc2)C1)[N+](C)(C)C. The average molecular weight is 349 g/mol. The first-order chi connectivity index (χ1) is 11.6. The number of nitrogens with two attached hydrogens (primary N) is 1. The molecule has 142 valence electrons. The summed E-state index contributed by atoms with van der Waals surface area (Å²) >= 11 is 0. The summed E-state index contributed by atoms with van der Waals surface area (Å²) in [6.45, 7) is 5.88. The van der Waals surface area contributed by atoms with Crippen molar-refractivity contribution in [1.29, 1.82) is 0 Å². The highest BCUT2D eigenvalue weighted by atomic mass is 15.4. The van der Waals surface area contributed by atoms with Crippen LogP contribution in [0.1, 0.15) is 32.6 Å². The van der Waals surface area contributed by atoms with Gasteiger partial charge in [-0.2, -0.15) is 0 Å². The van der Waals surface area contributed by atoms with Crippen molar-refractivity contribution in [2.75, 3.05) is 65.5 Å². The van der Waals surface area contributed by atoms with Gasteiger partial charge in [-0.15, -0.1) is 0 Å². The zero-order valence-electron chi connectivity index (χ0n) is 17.3. The summed E-state index contributed by atoms with van der Waals surface area (Å²) in [6.07, 6.45) is 5.19. The molecule has 2 rings (SSSR count). The minimum Gasteiger partial charge on any atom is -0.399 e. The van der Waals surface area contributed by atoms with Gasteiger partial charge in [-0.3, -0.25) is 0 Å². The van der Waals surface area contributed by atoms with Crippen LogP contribution < -0.4 is 10.6 Å². The lowest BCUT2D eigenvalue weighted by molar-refractivity contribution is -0.926.